The summed E-state index contributed by atoms with van der Waals surface area (Å²) < 4.78 is 38.7. The molecule has 0 bridgehead atoms. The van der Waals surface area contributed by atoms with E-state index in [1.807, 2.05) is 6.07 Å². The van der Waals surface area contributed by atoms with E-state index in [1.165, 1.54) is 6.07 Å². The fraction of sp³-hybridized carbons (Fsp3) is 0.571. The van der Waals surface area contributed by atoms with Gasteiger partial charge in [0.05, 0.1) is 5.56 Å². The fourth-order valence-corrected chi connectivity index (χ4v) is 2.57. The van der Waals surface area contributed by atoms with Crippen molar-refractivity contribution in [3.05, 3.63) is 29.3 Å². The Labute approximate surface area is 105 Å². The van der Waals surface area contributed by atoms with Crippen LogP contribution in [0.5, 0.6) is 0 Å². The summed E-state index contributed by atoms with van der Waals surface area (Å²) in [5.41, 5.74) is 0.548. The molecule has 1 nitrogen and oxygen atoms in total. The van der Waals surface area contributed by atoms with Gasteiger partial charge in [-0.05, 0) is 23.5 Å². The average Bonchev–Trinajstić information content (AvgIpc) is 2.69. The number of halogens is 3. The molecule has 1 aliphatic rings. The van der Waals surface area contributed by atoms with Crippen molar-refractivity contribution in [3.8, 4) is 0 Å². The van der Waals surface area contributed by atoms with E-state index in [4.69, 9.17) is 0 Å². The third-order valence-corrected chi connectivity index (χ3v) is 3.99. The minimum absolute atomic E-state index is 0.169. The molecule has 1 aromatic rings. The van der Waals surface area contributed by atoms with Crippen LogP contribution in [-0.2, 0) is 6.18 Å². The molecule has 0 aliphatic carbocycles. The summed E-state index contributed by atoms with van der Waals surface area (Å²) >= 11 is 0. The first kappa shape index (κ1) is 13.2. The number of anilines is 1. The van der Waals surface area contributed by atoms with Crippen LogP contribution in [0.15, 0.2) is 18.2 Å². The summed E-state index contributed by atoms with van der Waals surface area (Å²) in [5, 5.41) is 2.94. The smallest absolute Gasteiger partial charge is 0.384 e. The number of para-hydroxylation sites is 1. The van der Waals surface area contributed by atoms with E-state index in [1.54, 1.807) is 0 Å². The van der Waals surface area contributed by atoms with Gasteiger partial charge in [0.25, 0.3) is 0 Å². The van der Waals surface area contributed by atoms with Crippen molar-refractivity contribution < 1.29 is 13.2 Å². The van der Waals surface area contributed by atoms with Gasteiger partial charge >= 0.3 is 6.18 Å². The number of fused-ring (bicyclic) bond motifs is 1. The number of hydrogen-bond donors (Lipinski definition) is 1. The molecule has 0 radical (unpaired) electrons. The summed E-state index contributed by atoms with van der Waals surface area (Å²) in [4.78, 5) is 0. The minimum atomic E-state index is -4.28. The van der Waals surface area contributed by atoms with Gasteiger partial charge in [-0.2, -0.15) is 13.2 Å². The zero-order chi connectivity index (χ0) is 13.5. The molecule has 1 heterocycles. The van der Waals surface area contributed by atoms with Crippen molar-refractivity contribution in [3.63, 3.8) is 0 Å². The SMILES string of the molecule is CC(C)C(C)C1CNc2c1cccc2C(F)(F)F. The number of benzene rings is 1. The van der Waals surface area contributed by atoms with Gasteiger partial charge in [0.2, 0.25) is 0 Å². The van der Waals surface area contributed by atoms with Gasteiger partial charge in [-0.3, -0.25) is 0 Å². The highest BCUT2D eigenvalue weighted by molar-refractivity contribution is 5.64. The quantitative estimate of drug-likeness (QED) is 0.822. The van der Waals surface area contributed by atoms with Crippen LogP contribution in [0.2, 0.25) is 0 Å². The molecule has 1 N–H and O–H groups in total. The zero-order valence-corrected chi connectivity index (χ0v) is 10.8. The predicted molar refractivity (Wildman–Crippen MR) is 66.7 cm³/mol. The van der Waals surface area contributed by atoms with Crippen molar-refractivity contribution in [1.82, 2.24) is 0 Å². The Morgan fingerprint density at radius 1 is 1.22 bits per heavy atom. The Morgan fingerprint density at radius 3 is 2.44 bits per heavy atom. The maximum absolute atomic E-state index is 12.9. The Morgan fingerprint density at radius 2 is 1.89 bits per heavy atom. The van der Waals surface area contributed by atoms with Crippen molar-refractivity contribution in [2.24, 2.45) is 11.8 Å². The van der Waals surface area contributed by atoms with Crippen molar-refractivity contribution >= 4 is 5.69 Å². The van der Waals surface area contributed by atoms with E-state index >= 15 is 0 Å². The van der Waals surface area contributed by atoms with Crippen LogP contribution >= 0.6 is 0 Å². The van der Waals surface area contributed by atoms with Gasteiger partial charge in [0.1, 0.15) is 0 Å². The number of alkyl halides is 3. The lowest BCUT2D eigenvalue weighted by molar-refractivity contribution is -0.136. The molecule has 100 valence electrons. The van der Waals surface area contributed by atoms with Gasteiger partial charge in [-0.1, -0.05) is 32.9 Å². The first-order chi connectivity index (χ1) is 8.32. The second-order valence-corrected chi connectivity index (χ2v) is 5.36. The molecule has 0 amide bonds. The molecular weight excluding hydrogens is 239 g/mol. The van der Waals surface area contributed by atoms with Gasteiger partial charge in [-0.25, -0.2) is 0 Å². The van der Waals surface area contributed by atoms with Gasteiger partial charge in [0.15, 0.2) is 0 Å². The molecule has 0 aromatic heterocycles. The highest BCUT2D eigenvalue weighted by Gasteiger charge is 2.38. The molecule has 18 heavy (non-hydrogen) atoms. The minimum Gasteiger partial charge on any atom is -0.384 e. The Hall–Kier alpha value is -1.19. The Kier molecular flexibility index (Phi) is 3.30. The molecule has 2 atom stereocenters. The molecular formula is C14H18F3N. The van der Waals surface area contributed by atoms with Gasteiger partial charge < -0.3 is 5.32 Å². The Balaban J connectivity index is 2.41. The van der Waals surface area contributed by atoms with E-state index in [0.717, 1.165) is 11.6 Å². The molecule has 2 unspecified atom stereocenters. The van der Waals surface area contributed by atoms with E-state index in [-0.39, 0.29) is 11.6 Å². The van der Waals surface area contributed by atoms with Gasteiger partial charge in [-0.15, -0.1) is 0 Å². The standard InChI is InChI=1S/C14H18F3N/c1-8(2)9(3)11-7-18-13-10(11)5-4-6-12(13)14(15,16)17/h4-6,8-9,11,18H,7H2,1-3H3. The topological polar surface area (TPSA) is 12.0 Å². The first-order valence-corrected chi connectivity index (χ1v) is 6.26. The average molecular weight is 257 g/mol. The number of hydrogen-bond acceptors (Lipinski definition) is 1. The van der Waals surface area contributed by atoms with Gasteiger partial charge in [0, 0.05) is 18.2 Å². The van der Waals surface area contributed by atoms with Crippen LogP contribution in [-0.4, -0.2) is 6.54 Å². The van der Waals surface area contributed by atoms with E-state index in [0.29, 0.717) is 18.4 Å². The largest absolute Gasteiger partial charge is 0.418 e. The maximum atomic E-state index is 12.9. The maximum Gasteiger partial charge on any atom is 0.418 e. The number of rotatable bonds is 2. The van der Waals surface area contributed by atoms with E-state index in [2.05, 4.69) is 26.1 Å². The Bertz CT molecular complexity index is 437. The van der Waals surface area contributed by atoms with Crippen molar-refractivity contribution in [1.29, 1.82) is 0 Å². The lowest BCUT2D eigenvalue weighted by Crippen LogP contribution is -2.16. The molecule has 0 spiro atoms. The zero-order valence-electron chi connectivity index (χ0n) is 10.8. The fourth-order valence-electron chi connectivity index (χ4n) is 2.57. The molecule has 0 saturated heterocycles. The third-order valence-electron chi connectivity index (χ3n) is 3.99. The molecule has 1 aliphatic heterocycles. The van der Waals surface area contributed by atoms with Crippen LogP contribution < -0.4 is 5.32 Å². The van der Waals surface area contributed by atoms with Crippen LogP contribution in [0.4, 0.5) is 18.9 Å². The highest BCUT2D eigenvalue weighted by atomic mass is 19.4. The predicted octanol–water partition coefficient (Wildman–Crippen LogP) is 4.51. The van der Waals surface area contributed by atoms with Crippen LogP contribution in [0.3, 0.4) is 0 Å². The highest BCUT2D eigenvalue weighted by Crippen LogP contribution is 2.45. The second kappa shape index (κ2) is 4.48. The van der Waals surface area contributed by atoms with E-state index < -0.39 is 11.7 Å². The molecule has 1 aromatic carbocycles. The van der Waals surface area contributed by atoms with Crippen molar-refractivity contribution in [2.75, 3.05) is 11.9 Å². The number of nitrogens with one attached hydrogen (secondary N) is 1. The summed E-state index contributed by atoms with van der Waals surface area (Å²) in [6, 6.07) is 4.47. The molecule has 4 heteroatoms. The summed E-state index contributed by atoms with van der Waals surface area (Å²) in [6.07, 6.45) is -4.28. The lowest BCUT2D eigenvalue weighted by atomic mass is 9.81. The second-order valence-electron chi connectivity index (χ2n) is 5.36. The van der Waals surface area contributed by atoms with Crippen molar-refractivity contribution in [2.45, 2.75) is 32.9 Å². The summed E-state index contributed by atoms with van der Waals surface area (Å²) in [7, 11) is 0. The molecule has 0 saturated carbocycles. The van der Waals surface area contributed by atoms with E-state index in [9.17, 15) is 13.2 Å². The summed E-state index contributed by atoms with van der Waals surface area (Å²) in [5.74, 6) is 0.988. The normalized spacial score (nSPS) is 20.7. The van der Waals surface area contributed by atoms with Crippen LogP contribution in [0.1, 0.15) is 37.8 Å². The van der Waals surface area contributed by atoms with Crippen LogP contribution in [0, 0.1) is 11.8 Å². The lowest BCUT2D eigenvalue weighted by Gasteiger charge is -2.23. The molecule has 2 rings (SSSR count). The third kappa shape index (κ3) is 2.20. The first-order valence-electron chi connectivity index (χ1n) is 6.26. The summed E-state index contributed by atoms with van der Waals surface area (Å²) in [6.45, 7) is 6.92. The molecule has 0 fully saturated rings. The van der Waals surface area contributed by atoms with Crippen LogP contribution in [0.25, 0.3) is 0 Å². The monoisotopic (exact) mass is 257 g/mol.